The summed E-state index contributed by atoms with van der Waals surface area (Å²) in [4.78, 5) is 11.4. The molecule has 0 spiro atoms. The summed E-state index contributed by atoms with van der Waals surface area (Å²) in [6, 6.07) is 5.40. The largest absolute Gasteiger partial charge is 0.493 e. The second-order valence-electron chi connectivity index (χ2n) is 3.52. The molecule has 0 bridgehead atoms. The molecule has 2 rings (SSSR count). The van der Waals surface area contributed by atoms with Crippen LogP contribution in [0.2, 0.25) is 0 Å². The number of halogens is 1. The van der Waals surface area contributed by atoms with E-state index in [0.29, 0.717) is 22.8 Å². The number of alkyl halides is 1. The Morgan fingerprint density at radius 3 is 2.81 bits per heavy atom. The lowest BCUT2D eigenvalue weighted by Crippen LogP contribution is -2.03. The van der Waals surface area contributed by atoms with E-state index in [1.54, 1.807) is 19.1 Å². The lowest BCUT2D eigenvalue weighted by atomic mass is 10.1. The monoisotopic (exact) mass is 238 g/mol. The average Bonchev–Trinajstić information content (AvgIpc) is 2.29. The minimum Gasteiger partial charge on any atom is -0.493 e. The summed E-state index contributed by atoms with van der Waals surface area (Å²) in [5.41, 5.74) is 1.59. The van der Waals surface area contributed by atoms with Crippen molar-refractivity contribution in [2.45, 2.75) is 12.8 Å². The van der Waals surface area contributed by atoms with Crippen LogP contribution >= 0.6 is 11.6 Å². The Morgan fingerprint density at radius 1 is 1.44 bits per heavy atom. The van der Waals surface area contributed by atoms with E-state index in [1.165, 1.54) is 7.11 Å². The summed E-state index contributed by atoms with van der Waals surface area (Å²) in [5.74, 6) is 0.911. The maximum atomic E-state index is 11.4. The lowest BCUT2D eigenvalue weighted by molar-refractivity contribution is 0.406. The molecule has 4 heteroatoms. The predicted octanol–water partition coefficient (Wildman–Crippen LogP) is 2.85. The number of benzene rings is 1. The smallest absolute Gasteiger partial charge is 0.339 e. The molecule has 84 valence electrons. The van der Waals surface area contributed by atoms with Crippen LogP contribution in [-0.2, 0) is 5.88 Å². The maximum absolute atomic E-state index is 11.4. The lowest BCUT2D eigenvalue weighted by Gasteiger charge is -2.07. The number of rotatable bonds is 2. The fourth-order valence-electron chi connectivity index (χ4n) is 1.61. The van der Waals surface area contributed by atoms with Gasteiger partial charge in [0.05, 0.1) is 7.11 Å². The van der Waals surface area contributed by atoms with Crippen molar-refractivity contribution in [1.29, 1.82) is 0 Å². The second kappa shape index (κ2) is 4.18. The van der Waals surface area contributed by atoms with Crippen LogP contribution < -0.4 is 10.4 Å². The van der Waals surface area contributed by atoms with E-state index >= 15 is 0 Å². The van der Waals surface area contributed by atoms with Crippen molar-refractivity contribution >= 4 is 22.6 Å². The fraction of sp³-hybridized carbons (Fsp3) is 0.250. The summed E-state index contributed by atoms with van der Waals surface area (Å²) >= 11 is 5.83. The Morgan fingerprint density at radius 2 is 2.19 bits per heavy atom. The minimum absolute atomic E-state index is 0.350. The highest BCUT2D eigenvalue weighted by Gasteiger charge is 2.10. The van der Waals surface area contributed by atoms with E-state index in [0.717, 1.165) is 10.9 Å². The van der Waals surface area contributed by atoms with Crippen molar-refractivity contribution in [1.82, 2.24) is 0 Å². The van der Waals surface area contributed by atoms with Gasteiger partial charge in [0.15, 0.2) is 11.3 Å². The normalized spacial score (nSPS) is 10.7. The molecular formula is C12H11ClO3. The van der Waals surface area contributed by atoms with Crippen molar-refractivity contribution in [2.75, 3.05) is 7.11 Å². The molecule has 0 saturated heterocycles. The third-order valence-electron chi connectivity index (χ3n) is 2.49. The van der Waals surface area contributed by atoms with Gasteiger partial charge in [-0.3, -0.25) is 0 Å². The molecule has 0 atom stereocenters. The van der Waals surface area contributed by atoms with Crippen LogP contribution in [0, 0.1) is 6.92 Å². The van der Waals surface area contributed by atoms with Gasteiger partial charge in [0.2, 0.25) is 0 Å². The van der Waals surface area contributed by atoms with Gasteiger partial charge in [0, 0.05) is 16.8 Å². The minimum atomic E-state index is -0.350. The van der Waals surface area contributed by atoms with Gasteiger partial charge in [-0.25, -0.2) is 4.79 Å². The highest BCUT2D eigenvalue weighted by atomic mass is 35.5. The average molecular weight is 239 g/mol. The molecule has 1 aromatic carbocycles. The number of hydrogen-bond donors (Lipinski definition) is 0. The van der Waals surface area contributed by atoms with Crippen molar-refractivity contribution in [3.8, 4) is 5.75 Å². The summed E-state index contributed by atoms with van der Waals surface area (Å²) in [6.45, 7) is 1.71. The van der Waals surface area contributed by atoms with Crippen LogP contribution in [0.5, 0.6) is 5.75 Å². The van der Waals surface area contributed by atoms with Crippen LogP contribution in [0.3, 0.4) is 0 Å². The Balaban J connectivity index is 2.90. The molecule has 0 unspecified atom stereocenters. The highest BCUT2D eigenvalue weighted by molar-refractivity contribution is 6.18. The van der Waals surface area contributed by atoms with Crippen molar-refractivity contribution < 1.29 is 9.15 Å². The Bertz CT molecular complexity index is 587. The van der Waals surface area contributed by atoms with Gasteiger partial charge in [-0.2, -0.15) is 0 Å². The maximum Gasteiger partial charge on any atom is 0.339 e. The van der Waals surface area contributed by atoms with Crippen molar-refractivity contribution in [3.05, 3.63) is 39.7 Å². The number of ether oxygens (including phenoxy) is 1. The van der Waals surface area contributed by atoms with Gasteiger partial charge in [-0.15, -0.1) is 11.6 Å². The molecule has 3 nitrogen and oxygen atoms in total. The number of aryl methyl sites for hydroxylation is 1. The molecule has 0 amide bonds. The third kappa shape index (κ3) is 1.67. The molecule has 1 heterocycles. The summed E-state index contributed by atoms with van der Waals surface area (Å²) in [7, 11) is 1.54. The Labute approximate surface area is 97.6 Å². The van der Waals surface area contributed by atoms with E-state index in [4.69, 9.17) is 20.8 Å². The number of hydrogen-bond acceptors (Lipinski definition) is 3. The van der Waals surface area contributed by atoms with Gasteiger partial charge in [-0.1, -0.05) is 6.07 Å². The Kier molecular flexibility index (Phi) is 2.88. The molecule has 0 radical (unpaired) electrons. The van der Waals surface area contributed by atoms with E-state index in [9.17, 15) is 4.79 Å². The Hall–Kier alpha value is -1.48. The first-order valence-electron chi connectivity index (χ1n) is 4.83. The summed E-state index contributed by atoms with van der Waals surface area (Å²) in [6.07, 6.45) is 0. The zero-order chi connectivity index (χ0) is 11.7. The SMILES string of the molecule is COc1ccc(CCl)c2cc(C)c(=O)oc12. The zero-order valence-corrected chi connectivity index (χ0v) is 9.80. The molecule has 0 saturated carbocycles. The number of methoxy groups -OCH3 is 1. The predicted molar refractivity (Wildman–Crippen MR) is 63.3 cm³/mol. The first-order chi connectivity index (χ1) is 7.67. The van der Waals surface area contributed by atoms with E-state index in [2.05, 4.69) is 0 Å². The summed E-state index contributed by atoms with van der Waals surface area (Å²) in [5, 5.41) is 0.825. The van der Waals surface area contributed by atoms with Crippen molar-refractivity contribution in [2.24, 2.45) is 0 Å². The highest BCUT2D eigenvalue weighted by Crippen LogP contribution is 2.28. The molecule has 16 heavy (non-hydrogen) atoms. The topological polar surface area (TPSA) is 39.4 Å². The quantitative estimate of drug-likeness (QED) is 0.597. The van der Waals surface area contributed by atoms with Crippen LogP contribution in [0.4, 0.5) is 0 Å². The molecule has 0 fully saturated rings. The van der Waals surface area contributed by atoms with E-state index in [1.807, 2.05) is 6.07 Å². The fourth-order valence-corrected chi connectivity index (χ4v) is 1.84. The first-order valence-corrected chi connectivity index (χ1v) is 5.37. The first kappa shape index (κ1) is 11.0. The van der Waals surface area contributed by atoms with Gasteiger partial charge in [0.25, 0.3) is 0 Å². The number of fused-ring (bicyclic) bond motifs is 1. The molecule has 0 aliphatic heterocycles. The second-order valence-corrected chi connectivity index (χ2v) is 3.79. The van der Waals surface area contributed by atoms with Gasteiger partial charge >= 0.3 is 5.63 Å². The molecule has 0 aliphatic rings. The van der Waals surface area contributed by atoms with Gasteiger partial charge in [0.1, 0.15) is 0 Å². The van der Waals surface area contributed by atoms with Gasteiger partial charge in [-0.05, 0) is 24.6 Å². The molecule has 2 aromatic rings. The zero-order valence-electron chi connectivity index (χ0n) is 9.04. The molecule has 1 aromatic heterocycles. The van der Waals surface area contributed by atoms with Gasteiger partial charge < -0.3 is 9.15 Å². The third-order valence-corrected chi connectivity index (χ3v) is 2.78. The van der Waals surface area contributed by atoms with E-state index in [-0.39, 0.29) is 5.63 Å². The molecule has 0 aliphatic carbocycles. The standard InChI is InChI=1S/C12H11ClO3/c1-7-5-9-8(6-13)3-4-10(15-2)11(9)16-12(7)14/h3-5H,6H2,1-2H3. The van der Waals surface area contributed by atoms with Crippen LogP contribution in [0.15, 0.2) is 27.4 Å². The van der Waals surface area contributed by atoms with Crippen LogP contribution in [-0.4, -0.2) is 7.11 Å². The van der Waals surface area contributed by atoms with Crippen molar-refractivity contribution in [3.63, 3.8) is 0 Å². The molecular weight excluding hydrogens is 228 g/mol. The van der Waals surface area contributed by atoms with E-state index < -0.39 is 0 Å². The molecule has 0 N–H and O–H groups in total. The summed E-state index contributed by atoms with van der Waals surface area (Å²) < 4.78 is 10.4. The van der Waals surface area contributed by atoms with Crippen LogP contribution in [0.1, 0.15) is 11.1 Å². The van der Waals surface area contributed by atoms with Crippen LogP contribution in [0.25, 0.3) is 11.0 Å².